The highest BCUT2D eigenvalue weighted by Crippen LogP contribution is 2.29. The van der Waals surface area contributed by atoms with Crippen LogP contribution in [0.25, 0.3) is 0 Å². The van der Waals surface area contributed by atoms with Crippen LogP contribution in [0.3, 0.4) is 0 Å². The normalized spacial score (nSPS) is 19.9. The molecule has 2 aromatic rings. The number of anilines is 2. The van der Waals surface area contributed by atoms with Crippen LogP contribution < -0.4 is 25.0 Å². The number of ether oxygens (including phenoxy) is 2. The molecule has 2 N–H and O–H groups in total. The molecule has 1 aromatic heterocycles. The second-order valence-electron chi connectivity index (χ2n) is 9.17. The van der Waals surface area contributed by atoms with Gasteiger partial charge in [-0.25, -0.2) is 4.98 Å². The summed E-state index contributed by atoms with van der Waals surface area (Å²) in [6.07, 6.45) is 8.25. The predicted molar refractivity (Wildman–Crippen MR) is 130 cm³/mol. The predicted octanol–water partition coefficient (Wildman–Crippen LogP) is 3.59. The number of fused-ring (bicyclic) bond motifs is 1. The van der Waals surface area contributed by atoms with Crippen molar-refractivity contribution < 1.29 is 14.3 Å². The molecule has 0 bridgehead atoms. The second kappa shape index (κ2) is 10.3. The average molecular weight is 454 g/mol. The van der Waals surface area contributed by atoms with Gasteiger partial charge in [-0.15, -0.1) is 0 Å². The maximum atomic E-state index is 12.8. The minimum atomic E-state index is -0.0998. The SMILES string of the molecule is COc1cc(OC)cc(C(=O)N[C@H]2CC[C@@H](Nc3nc4c(c(N(C)C)n3)CCCC4)CC2)c1. The van der Waals surface area contributed by atoms with Crippen LogP contribution in [0.1, 0.15) is 60.1 Å². The standard InChI is InChI=1S/C25H35N5O3/c1-30(2)23-21-7-5-6-8-22(21)28-25(29-23)27-18-11-9-17(10-12-18)26-24(31)16-13-19(32-3)15-20(14-16)33-4/h13-15,17-18H,5-12H2,1-4H3,(H,26,31)(H,27,28,29)/t17-,18+. The Balaban J connectivity index is 1.35. The third-order valence-corrected chi connectivity index (χ3v) is 6.59. The van der Waals surface area contributed by atoms with Crippen LogP contribution in [0.5, 0.6) is 11.5 Å². The number of rotatable bonds is 7. The maximum absolute atomic E-state index is 12.8. The fraction of sp³-hybridized carbons (Fsp3) is 0.560. The van der Waals surface area contributed by atoms with Crippen molar-refractivity contribution in [2.45, 2.75) is 63.5 Å². The minimum Gasteiger partial charge on any atom is -0.497 e. The van der Waals surface area contributed by atoms with Gasteiger partial charge < -0.3 is 25.0 Å². The summed E-state index contributed by atoms with van der Waals surface area (Å²) >= 11 is 0. The van der Waals surface area contributed by atoms with E-state index in [-0.39, 0.29) is 11.9 Å². The summed E-state index contributed by atoms with van der Waals surface area (Å²) in [4.78, 5) is 24.6. The molecule has 1 saturated carbocycles. The molecule has 1 fully saturated rings. The van der Waals surface area contributed by atoms with Crippen LogP contribution in [-0.2, 0) is 12.8 Å². The lowest BCUT2D eigenvalue weighted by Gasteiger charge is -2.30. The molecule has 4 rings (SSSR count). The van der Waals surface area contributed by atoms with Crippen molar-refractivity contribution >= 4 is 17.7 Å². The third kappa shape index (κ3) is 5.49. The first-order valence-electron chi connectivity index (χ1n) is 11.8. The van der Waals surface area contributed by atoms with Gasteiger partial charge in [-0.1, -0.05) is 0 Å². The second-order valence-corrected chi connectivity index (χ2v) is 9.17. The van der Waals surface area contributed by atoms with Gasteiger partial charge in [-0.05, 0) is 63.5 Å². The molecular formula is C25H35N5O3. The van der Waals surface area contributed by atoms with E-state index >= 15 is 0 Å². The molecule has 8 nitrogen and oxygen atoms in total. The first-order chi connectivity index (χ1) is 16.0. The summed E-state index contributed by atoms with van der Waals surface area (Å²) in [5.74, 6) is 2.88. The molecule has 1 heterocycles. The third-order valence-electron chi connectivity index (χ3n) is 6.59. The monoisotopic (exact) mass is 453 g/mol. The van der Waals surface area contributed by atoms with E-state index in [1.807, 2.05) is 14.1 Å². The summed E-state index contributed by atoms with van der Waals surface area (Å²) in [6, 6.07) is 5.70. The number of carbonyl (C=O) groups is 1. The van der Waals surface area contributed by atoms with E-state index in [2.05, 4.69) is 15.5 Å². The number of nitrogens with one attached hydrogen (secondary N) is 2. The summed E-state index contributed by atoms with van der Waals surface area (Å²) in [7, 11) is 7.26. The van der Waals surface area contributed by atoms with E-state index in [1.165, 1.54) is 24.1 Å². The highest BCUT2D eigenvalue weighted by molar-refractivity contribution is 5.95. The van der Waals surface area contributed by atoms with E-state index < -0.39 is 0 Å². The molecule has 178 valence electrons. The molecular weight excluding hydrogens is 418 g/mol. The molecule has 0 unspecified atom stereocenters. The van der Waals surface area contributed by atoms with Crippen molar-refractivity contribution in [2.75, 3.05) is 38.5 Å². The quantitative estimate of drug-likeness (QED) is 0.662. The Morgan fingerprint density at radius 2 is 1.58 bits per heavy atom. The summed E-state index contributed by atoms with van der Waals surface area (Å²) in [6.45, 7) is 0. The van der Waals surface area contributed by atoms with E-state index in [0.29, 0.717) is 23.1 Å². The van der Waals surface area contributed by atoms with Gasteiger partial charge in [0.05, 0.1) is 19.9 Å². The Hall–Kier alpha value is -3.03. The smallest absolute Gasteiger partial charge is 0.251 e. The number of aromatic nitrogens is 2. The number of hydrogen-bond donors (Lipinski definition) is 2. The Labute approximate surface area is 196 Å². The van der Waals surface area contributed by atoms with Gasteiger partial charge in [0, 0.05) is 43.4 Å². The van der Waals surface area contributed by atoms with Gasteiger partial charge >= 0.3 is 0 Å². The first-order valence-corrected chi connectivity index (χ1v) is 11.8. The fourth-order valence-corrected chi connectivity index (χ4v) is 4.78. The van der Waals surface area contributed by atoms with Crippen LogP contribution in [0.15, 0.2) is 18.2 Å². The highest BCUT2D eigenvalue weighted by atomic mass is 16.5. The molecule has 0 spiro atoms. The molecule has 2 aliphatic rings. The van der Waals surface area contributed by atoms with E-state index in [1.54, 1.807) is 32.4 Å². The van der Waals surface area contributed by atoms with Gasteiger partial charge in [0.1, 0.15) is 17.3 Å². The molecule has 1 amide bonds. The Bertz CT molecular complexity index is 964. The van der Waals surface area contributed by atoms with E-state index in [4.69, 9.17) is 19.4 Å². The number of benzene rings is 1. The van der Waals surface area contributed by atoms with E-state index in [0.717, 1.165) is 50.3 Å². The molecule has 33 heavy (non-hydrogen) atoms. The van der Waals surface area contributed by atoms with Crippen molar-refractivity contribution in [1.82, 2.24) is 15.3 Å². The number of amides is 1. The maximum Gasteiger partial charge on any atom is 0.251 e. The fourth-order valence-electron chi connectivity index (χ4n) is 4.78. The van der Waals surface area contributed by atoms with Crippen LogP contribution >= 0.6 is 0 Å². The molecule has 0 radical (unpaired) electrons. The zero-order valence-electron chi connectivity index (χ0n) is 20.1. The molecule has 8 heteroatoms. The van der Waals surface area contributed by atoms with Gasteiger partial charge in [0.25, 0.3) is 5.91 Å². The number of hydrogen-bond acceptors (Lipinski definition) is 7. The van der Waals surface area contributed by atoms with Crippen LogP contribution in [0.4, 0.5) is 11.8 Å². The summed E-state index contributed by atoms with van der Waals surface area (Å²) in [5, 5.41) is 6.74. The number of aryl methyl sites for hydroxylation is 1. The molecule has 0 atom stereocenters. The zero-order valence-corrected chi connectivity index (χ0v) is 20.1. The molecule has 0 aliphatic heterocycles. The largest absolute Gasteiger partial charge is 0.497 e. The van der Waals surface area contributed by atoms with Gasteiger partial charge in [-0.3, -0.25) is 4.79 Å². The minimum absolute atomic E-state index is 0.0998. The van der Waals surface area contributed by atoms with Gasteiger partial charge in [0.15, 0.2) is 0 Å². The Morgan fingerprint density at radius 1 is 0.939 bits per heavy atom. The lowest BCUT2D eigenvalue weighted by molar-refractivity contribution is 0.0926. The summed E-state index contributed by atoms with van der Waals surface area (Å²) < 4.78 is 10.6. The highest BCUT2D eigenvalue weighted by Gasteiger charge is 2.25. The Morgan fingerprint density at radius 3 is 2.21 bits per heavy atom. The van der Waals surface area contributed by atoms with Gasteiger partial charge in [-0.2, -0.15) is 4.98 Å². The number of methoxy groups -OCH3 is 2. The van der Waals surface area contributed by atoms with Crippen LogP contribution in [0.2, 0.25) is 0 Å². The van der Waals surface area contributed by atoms with Crippen molar-refractivity contribution in [1.29, 1.82) is 0 Å². The van der Waals surface area contributed by atoms with Gasteiger partial charge in [0.2, 0.25) is 5.95 Å². The lowest BCUT2D eigenvalue weighted by atomic mass is 9.91. The van der Waals surface area contributed by atoms with Crippen molar-refractivity contribution in [2.24, 2.45) is 0 Å². The van der Waals surface area contributed by atoms with Crippen LogP contribution in [0, 0.1) is 0 Å². The van der Waals surface area contributed by atoms with Crippen molar-refractivity contribution in [3.8, 4) is 11.5 Å². The number of carbonyl (C=O) groups excluding carboxylic acids is 1. The van der Waals surface area contributed by atoms with Crippen LogP contribution in [-0.4, -0.2) is 56.3 Å². The lowest BCUT2D eigenvalue weighted by Crippen LogP contribution is -2.40. The average Bonchev–Trinajstić information content (AvgIpc) is 2.84. The molecule has 0 saturated heterocycles. The van der Waals surface area contributed by atoms with Crippen molar-refractivity contribution in [3.63, 3.8) is 0 Å². The summed E-state index contributed by atoms with van der Waals surface area (Å²) in [5.41, 5.74) is 3.04. The first kappa shape index (κ1) is 23.1. The van der Waals surface area contributed by atoms with E-state index in [9.17, 15) is 4.79 Å². The molecule has 2 aliphatic carbocycles. The zero-order chi connectivity index (χ0) is 23.4. The topological polar surface area (TPSA) is 88.6 Å². The Kier molecular flexibility index (Phi) is 7.20. The van der Waals surface area contributed by atoms with Crippen molar-refractivity contribution in [3.05, 3.63) is 35.0 Å². The molecule has 1 aromatic carbocycles. The number of nitrogens with zero attached hydrogens (tertiary/aromatic N) is 3.